The second-order valence-corrected chi connectivity index (χ2v) is 5.87. The van der Waals surface area contributed by atoms with Crippen LogP contribution in [0.15, 0.2) is 24.3 Å². The number of hydrogen-bond donors (Lipinski definition) is 0. The lowest BCUT2D eigenvalue weighted by Crippen LogP contribution is -2.39. The van der Waals surface area contributed by atoms with Gasteiger partial charge in [0.2, 0.25) is 11.8 Å². The molecule has 3 rings (SSSR count). The number of anilines is 1. The summed E-state index contributed by atoms with van der Waals surface area (Å²) >= 11 is 0. The number of nitrogens with zero attached hydrogens (tertiary/aromatic N) is 4. The van der Waals surface area contributed by atoms with Crippen molar-refractivity contribution in [1.82, 2.24) is 15.0 Å². The highest BCUT2D eigenvalue weighted by atomic mass is 16.5. The van der Waals surface area contributed by atoms with E-state index in [-0.39, 0.29) is 6.10 Å². The Balaban J connectivity index is 1.60. The van der Waals surface area contributed by atoms with E-state index in [1.165, 1.54) is 0 Å². The average Bonchev–Trinajstić information content (AvgIpc) is 2.47. The molecule has 0 N–H and O–H groups in total. The summed E-state index contributed by atoms with van der Waals surface area (Å²) < 4.78 is 5.99. The fraction of sp³-hybridized carbons (Fsp3) is 0.471. The Kier molecular flexibility index (Phi) is 4.22. The first kappa shape index (κ1) is 14.8. The maximum absolute atomic E-state index is 5.99. The molecule has 0 aromatic carbocycles. The van der Waals surface area contributed by atoms with Crippen LogP contribution in [-0.2, 0) is 0 Å². The first-order valence-electron chi connectivity index (χ1n) is 7.78. The molecule has 1 saturated heterocycles. The largest absolute Gasteiger partial charge is 0.474 e. The molecule has 2 aromatic heterocycles. The maximum atomic E-state index is 5.99. The minimum atomic E-state index is 0.219. The van der Waals surface area contributed by atoms with Gasteiger partial charge in [-0.1, -0.05) is 6.07 Å². The van der Waals surface area contributed by atoms with Crippen LogP contribution in [0.2, 0.25) is 0 Å². The first-order valence-corrected chi connectivity index (χ1v) is 7.78. The van der Waals surface area contributed by atoms with Gasteiger partial charge in [0.1, 0.15) is 6.10 Å². The second-order valence-electron chi connectivity index (χ2n) is 5.87. The Bertz CT molecular complexity index is 631. The van der Waals surface area contributed by atoms with Crippen LogP contribution in [0.1, 0.15) is 29.9 Å². The lowest BCUT2D eigenvalue weighted by Gasteiger charge is -2.32. The Morgan fingerprint density at radius 3 is 2.27 bits per heavy atom. The molecule has 0 amide bonds. The van der Waals surface area contributed by atoms with Crippen molar-refractivity contribution in [3.05, 3.63) is 41.3 Å². The van der Waals surface area contributed by atoms with Gasteiger partial charge >= 0.3 is 0 Å². The summed E-state index contributed by atoms with van der Waals surface area (Å²) in [5.74, 6) is 1.56. The molecule has 1 aliphatic heterocycles. The van der Waals surface area contributed by atoms with E-state index in [1.807, 2.05) is 45.0 Å². The van der Waals surface area contributed by atoms with Gasteiger partial charge in [0, 0.05) is 49.1 Å². The van der Waals surface area contributed by atoms with E-state index in [9.17, 15) is 0 Å². The fourth-order valence-electron chi connectivity index (χ4n) is 2.78. The number of hydrogen-bond acceptors (Lipinski definition) is 5. The van der Waals surface area contributed by atoms with E-state index in [0.29, 0.717) is 0 Å². The van der Waals surface area contributed by atoms with Crippen LogP contribution in [0.5, 0.6) is 5.88 Å². The van der Waals surface area contributed by atoms with E-state index in [4.69, 9.17) is 4.74 Å². The molecular formula is C17H22N4O. The average molecular weight is 298 g/mol. The smallest absolute Gasteiger partial charge is 0.225 e. The first-order chi connectivity index (χ1) is 10.6. The van der Waals surface area contributed by atoms with Crippen molar-refractivity contribution in [1.29, 1.82) is 0 Å². The van der Waals surface area contributed by atoms with Gasteiger partial charge in [0.15, 0.2) is 0 Å². The molecular weight excluding hydrogens is 276 g/mol. The predicted octanol–water partition coefficient (Wildman–Crippen LogP) is 2.84. The van der Waals surface area contributed by atoms with E-state index in [0.717, 1.165) is 54.8 Å². The van der Waals surface area contributed by atoms with Crippen molar-refractivity contribution < 1.29 is 4.74 Å². The summed E-state index contributed by atoms with van der Waals surface area (Å²) in [5.41, 5.74) is 3.02. The molecule has 22 heavy (non-hydrogen) atoms. The van der Waals surface area contributed by atoms with Gasteiger partial charge in [-0.25, -0.2) is 15.0 Å². The molecule has 1 fully saturated rings. The van der Waals surface area contributed by atoms with Gasteiger partial charge in [-0.2, -0.15) is 0 Å². The number of rotatable bonds is 3. The van der Waals surface area contributed by atoms with Crippen LogP contribution in [0.4, 0.5) is 5.95 Å². The topological polar surface area (TPSA) is 51.1 Å². The van der Waals surface area contributed by atoms with Gasteiger partial charge in [-0.15, -0.1) is 0 Å². The van der Waals surface area contributed by atoms with E-state index >= 15 is 0 Å². The standard InChI is InChI=1S/C17H22N4O/c1-12-5-4-6-16(18-12)22-15-7-9-21(10-8-15)17-19-13(2)11-14(3)20-17/h4-6,11,15H,7-10H2,1-3H3. The van der Waals surface area contributed by atoms with Crippen LogP contribution >= 0.6 is 0 Å². The van der Waals surface area contributed by atoms with Crippen LogP contribution in [0.25, 0.3) is 0 Å². The summed E-state index contributed by atoms with van der Waals surface area (Å²) in [5, 5.41) is 0. The number of ether oxygens (including phenoxy) is 1. The van der Waals surface area contributed by atoms with E-state index in [2.05, 4.69) is 19.9 Å². The molecule has 1 aliphatic rings. The van der Waals surface area contributed by atoms with Crippen molar-refractivity contribution >= 4 is 5.95 Å². The molecule has 2 aromatic rings. The highest BCUT2D eigenvalue weighted by Gasteiger charge is 2.22. The summed E-state index contributed by atoms with van der Waals surface area (Å²) in [6.07, 6.45) is 2.15. The molecule has 5 nitrogen and oxygen atoms in total. The van der Waals surface area contributed by atoms with Gasteiger partial charge in [0.05, 0.1) is 0 Å². The summed E-state index contributed by atoms with van der Waals surface area (Å²) in [6.45, 7) is 7.83. The van der Waals surface area contributed by atoms with Crippen molar-refractivity contribution in [3.63, 3.8) is 0 Å². The van der Waals surface area contributed by atoms with Crippen molar-refractivity contribution in [3.8, 4) is 5.88 Å². The van der Waals surface area contributed by atoms with Crippen LogP contribution in [-0.4, -0.2) is 34.1 Å². The number of aromatic nitrogens is 3. The normalized spacial score (nSPS) is 15.9. The molecule has 116 valence electrons. The van der Waals surface area contributed by atoms with Gasteiger partial charge in [-0.3, -0.25) is 0 Å². The van der Waals surface area contributed by atoms with Gasteiger partial charge in [0.25, 0.3) is 0 Å². The SMILES string of the molecule is Cc1cccc(OC2CCN(c3nc(C)cc(C)n3)CC2)n1. The summed E-state index contributed by atoms with van der Waals surface area (Å²) in [4.78, 5) is 15.7. The second kappa shape index (κ2) is 6.30. The zero-order chi connectivity index (χ0) is 15.5. The highest BCUT2D eigenvalue weighted by Crippen LogP contribution is 2.20. The quantitative estimate of drug-likeness (QED) is 0.872. The van der Waals surface area contributed by atoms with Gasteiger partial charge < -0.3 is 9.64 Å². The fourth-order valence-corrected chi connectivity index (χ4v) is 2.78. The van der Waals surface area contributed by atoms with Gasteiger partial charge in [-0.05, 0) is 32.9 Å². The maximum Gasteiger partial charge on any atom is 0.225 e. The van der Waals surface area contributed by atoms with Crippen LogP contribution in [0, 0.1) is 20.8 Å². The number of pyridine rings is 1. The third kappa shape index (κ3) is 3.53. The lowest BCUT2D eigenvalue weighted by molar-refractivity contribution is 0.163. The summed E-state index contributed by atoms with van der Waals surface area (Å²) in [7, 11) is 0. The third-order valence-electron chi connectivity index (χ3n) is 3.85. The molecule has 0 bridgehead atoms. The molecule has 0 spiro atoms. The Labute approximate surface area is 131 Å². The molecule has 0 unspecified atom stereocenters. The monoisotopic (exact) mass is 298 g/mol. The van der Waals surface area contributed by atoms with E-state index < -0.39 is 0 Å². The predicted molar refractivity (Wildman–Crippen MR) is 86.3 cm³/mol. The minimum absolute atomic E-state index is 0.219. The molecule has 5 heteroatoms. The molecule has 0 saturated carbocycles. The Hall–Kier alpha value is -2.17. The van der Waals surface area contributed by atoms with Crippen molar-refractivity contribution in [2.24, 2.45) is 0 Å². The lowest BCUT2D eigenvalue weighted by atomic mass is 10.1. The Morgan fingerprint density at radius 1 is 0.955 bits per heavy atom. The van der Waals surface area contributed by atoms with Crippen LogP contribution in [0.3, 0.4) is 0 Å². The Morgan fingerprint density at radius 2 is 1.64 bits per heavy atom. The molecule has 0 aliphatic carbocycles. The molecule has 0 atom stereocenters. The molecule has 3 heterocycles. The zero-order valence-corrected chi connectivity index (χ0v) is 13.4. The highest BCUT2D eigenvalue weighted by molar-refractivity contribution is 5.32. The zero-order valence-electron chi connectivity index (χ0n) is 13.4. The summed E-state index contributed by atoms with van der Waals surface area (Å²) in [6, 6.07) is 7.89. The minimum Gasteiger partial charge on any atom is -0.474 e. The number of aryl methyl sites for hydroxylation is 3. The number of piperidine rings is 1. The van der Waals surface area contributed by atoms with E-state index in [1.54, 1.807) is 0 Å². The molecule has 0 radical (unpaired) electrons. The van der Waals surface area contributed by atoms with Crippen molar-refractivity contribution in [2.75, 3.05) is 18.0 Å². The van der Waals surface area contributed by atoms with Crippen LogP contribution < -0.4 is 9.64 Å². The third-order valence-corrected chi connectivity index (χ3v) is 3.85. The van der Waals surface area contributed by atoms with Crippen molar-refractivity contribution in [2.45, 2.75) is 39.7 Å².